The Morgan fingerprint density at radius 3 is 1.23 bits per heavy atom. The number of hydrogen-bond donors (Lipinski definition) is 3. The lowest BCUT2D eigenvalue weighted by molar-refractivity contribution is -0.155. The van der Waals surface area contributed by atoms with Crippen molar-refractivity contribution in [1.29, 1.82) is 0 Å². The van der Waals surface area contributed by atoms with E-state index in [-0.39, 0.29) is 84.0 Å². The lowest BCUT2D eigenvalue weighted by atomic mass is 10.1. The Labute approximate surface area is 303 Å². The number of piperazine rings is 1. The van der Waals surface area contributed by atoms with Gasteiger partial charge in [0.25, 0.3) is 0 Å². The van der Waals surface area contributed by atoms with Gasteiger partial charge in [-0.1, -0.05) is 84.9 Å². The molecule has 0 atom stereocenters. The highest BCUT2D eigenvalue weighted by Gasteiger charge is 2.34. The first kappa shape index (κ1) is 37.7. The number of carbonyl (C=O) groups is 4. The van der Waals surface area contributed by atoms with Crippen LogP contribution in [0, 0.1) is 0 Å². The van der Waals surface area contributed by atoms with Crippen LogP contribution in [0.5, 0.6) is 5.75 Å². The summed E-state index contributed by atoms with van der Waals surface area (Å²) in [6.45, 7) is -1.03. The summed E-state index contributed by atoms with van der Waals surface area (Å²) in [6, 6.07) is 29.0. The number of carbonyl (C=O) groups excluding carboxylic acids is 4. The van der Waals surface area contributed by atoms with Gasteiger partial charge in [-0.15, -0.1) is 0 Å². The van der Waals surface area contributed by atoms with E-state index in [1.165, 1.54) is 9.80 Å². The molecule has 0 radical (unpaired) electrons. The van der Waals surface area contributed by atoms with Crippen molar-refractivity contribution in [3.05, 3.63) is 136 Å². The second-order valence-corrected chi connectivity index (χ2v) is 12.8. The summed E-state index contributed by atoms with van der Waals surface area (Å²) in [5.41, 5.74) is 5.26. The summed E-state index contributed by atoms with van der Waals surface area (Å²) in [4.78, 5) is 60.0. The molecule has 0 unspecified atom stereocenters. The minimum atomic E-state index is -0.458. The van der Waals surface area contributed by atoms with Crippen molar-refractivity contribution in [2.45, 2.75) is 46.0 Å². The van der Waals surface area contributed by atoms with Gasteiger partial charge in [-0.2, -0.15) is 0 Å². The molecule has 12 heteroatoms. The Bertz CT molecular complexity index is 1650. The second kappa shape index (κ2) is 18.1. The van der Waals surface area contributed by atoms with Crippen LogP contribution in [0.25, 0.3) is 0 Å². The van der Waals surface area contributed by atoms with Crippen LogP contribution < -0.4 is 4.74 Å². The number of benzene rings is 4. The van der Waals surface area contributed by atoms with Gasteiger partial charge in [0, 0.05) is 26.2 Å². The first-order chi connectivity index (χ1) is 25.2. The molecule has 3 N–H and O–H groups in total. The molecule has 1 saturated heterocycles. The van der Waals surface area contributed by atoms with Crippen LogP contribution in [-0.4, -0.2) is 91.8 Å². The fourth-order valence-corrected chi connectivity index (χ4v) is 6.11. The zero-order valence-corrected chi connectivity index (χ0v) is 29.2. The molecule has 5 rings (SSSR count). The summed E-state index contributed by atoms with van der Waals surface area (Å²) in [6.07, 6.45) is 0. The number of aliphatic hydroxyl groups is 3. The van der Waals surface area contributed by atoms with Crippen molar-refractivity contribution in [3.8, 4) is 5.75 Å². The van der Waals surface area contributed by atoms with Crippen molar-refractivity contribution in [2.24, 2.45) is 0 Å². The largest absolute Gasteiger partial charge is 0.497 e. The Hall–Kier alpha value is -5.56. The predicted octanol–water partition coefficient (Wildman–Crippen LogP) is 2.60. The molecule has 4 aromatic carbocycles. The number of hydrogen-bond acceptors (Lipinski definition) is 8. The van der Waals surface area contributed by atoms with Crippen molar-refractivity contribution >= 4 is 23.6 Å². The number of rotatable bonds is 16. The van der Waals surface area contributed by atoms with Gasteiger partial charge in [-0.3, -0.25) is 19.2 Å². The first-order valence-corrected chi connectivity index (χ1v) is 17.0. The molecule has 1 fully saturated rings. The van der Waals surface area contributed by atoms with Gasteiger partial charge in [-0.25, -0.2) is 0 Å². The number of amides is 4. The first-order valence-electron chi connectivity index (χ1n) is 17.0. The number of nitrogens with zero attached hydrogens (tertiary/aromatic N) is 4. The Morgan fingerprint density at radius 1 is 0.558 bits per heavy atom. The van der Waals surface area contributed by atoms with Crippen molar-refractivity contribution in [2.75, 3.05) is 33.3 Å². The van der Waals surface area contributed by atoms with E-state index >= 15 is 0 Å². The Morgan fingerprint density at radius 2 is 0.885 bits per heavy atom. The molecule has 1 aliphatic heterocycles. The van der Waals surface area contributed by atoms with Crippen LogP contribution in [0.1, 0.15) is 38.9 Å². The number of ether oxygens (including phenoxy) is 1. The molecule has 0 saturated carbocycles. The second-order valence-electron chi connectivity index (χ2n) is 12.8. The molecule has 1 aliphatic rings. The molecule has 52 heavy (non-hydrogen) atoms. The van der Waals surface area contributed by atoms with E-state index in [2.05, 4.69) is 0 Å². The molecule has 0 bridgehead atoms. The minimum Gasteiger partial charge on any atom is -0.497 e. The predicted molar refractivity (Wildman–Crippen MR) is 192 cm³/mol. The van der Waals surface area contributed by atoms with Crippen molar-refractivity contribution < 1.29 is 39.2 Å². The molecule has 4 amide bonds. The fraction of sp³-hybridized carbons (Fsp3) is 0.300. The molecule has 4 aromatic rings. The van der Waals surface area contributed by atoms with Crippen molar-refractivity contribution in [3.63, 3.8) is 0 Å². The maximum atomic E-state index is 13.8. The molecular weight excluding hydrogens is 664 g/mol. The molecule has 0 aliphatic carbocycles. The van der Waals surface area contributed by atoms with E-state index in [1.54, 1.807) is 71.5 Å². The van der Waals surface area contributed by atoms with Gasteiger partial charge >= 0.3 is 0 Å². The molecule has 1 heterocycles. The van der Waals surface area contributed by atoms with E-state index in [4.69, 9.17) is 4.74 Å². The zero-order valence-electron chi connectivity index (χ0n) is 29.2. The summed E-state index contributed by atoms with van der Waals surface area (Å²) < 4.78 is 5.35. The molecule has 12 nitrogen and oxygen atoms in total. The number of methoxy groups -OCH3 is 1. The van der Waals surface area contributed by atoms with Gasteiger partial charge < -0.3 is 39.7 Å². The lowest BCUT2D eigenvalue weighted by Crippen LogP contribution is -2.57. The Kier molecular flexibility index (Phi) is 13.1. The molecule has 0 aromatic heterocycles. The van der Waals surface area contributed by atoms with Gasteiger partial charge in [0.15, 0.2) is 0 Å². The molecule has 272 valence electrons. The van der Waals surface area contributed by atoms with Crippen LogP contribution in [0.4, 0.5) is 0 Å². The molecule has 0 spiro atoms. The van der Waals surface area contributed by atoms with Crippen LogP contribution in [0.2, 0.25) is 0 Å². The third kappa shape index (κ3) is 10.3. The van der Waals surface area contributed by atoms with E-state index in [0.717, 1.165) is 22.3 Å². The Balaban J connectivity index is 1.28. The van der Waals surface area contributed by atoms with Crippen LogP contribution >= 0.6 is 0 Å². The SMILES string of the molecule is COc1cccc(CN(Cc2cccc(CO)c2)C(=O)CN2CC(=O)N(CC(=O)N(Cc3cccc(CO)c3)Cc3cccc(CO)c3)CC2=O)c1. The normalized spacial score (nSPS) is 12.9. The minimum absolute atomic E-state index is 0.146. The highest BCUT2D eigenvalue weighted by atomic mass is 16.5. The lowest BCUT2D eigenvalue weighted by Gasteiger charge is -2.35. The maximum absolute atomic E-state index is 13.8. The van der Waals surface area contributed by atoms with E-state index in [9.17, 15) is 34.5 Å². The monoisotopic (exact) mass is 708 g/mol. The smallest absolute Gasteiger partial charge is 0.243 e. The number of aliphatic hydroxyl groups excluding tert-OH is 3. The van der Waals surface area contributed by atoms with E-state index in [1.807, 2.05) is 42.5 Å². The zero-order chi connectivity index (χ0) is 37.0. The van der Waals surface area contributed by atoms with Gasteiger partial charge in [-0.05, 0) is 51.1 Å². The summed E-state index contributed by atoms with van der Waals surface area (Å²) in [5.74, 6) is -1.04. The third-order valence-corrected chi connectivity index (χ3v) is 8.87. The van der Waals surface area contributed by atoms with Crippen LogP contribution in [0.3, 0.4) is 0 Å². The van der Waals surface area contributed by atoms with Gasteiger partial charge in [0.2, 0.25) is 23.6 Å². The summed E-state index contributed by atoms with van der Waals surface area (Å²) >= 11 is 0. The van der Waals surface area contributed by atoms with Crippen LogP contribution in [-0.2, 0) is 65.2 Å². The topological polar surface area (TPSA) is 151 Å². The van der Waals surface area contributed by atoms with Crippen molar-refractivity contribution in [1.82, 2.24) is 19.6 Å². The van der Waals surface area contributed by atoms with Crippen LogP contribution in [0.15, 0.2) is 97.1 Å². The fourth-order valence-electron chi connectivity index (χ4n) is 6.11. The quantitative estimate of drug-likeness (QED) is 0.161. The van der Waals surface area contributed by atoms with Gasteiger partial charge in [0.1, 0.15) is 31.9 Å². The standard InChI is InChI=1S/C40H44N4O8/c1-52-36-13-5-9-32(17-36)21-42(20-31-8-4-12-35(16-31)28-47)38(49)23-44-25-39(50)43(24-40(44)51)22-37(48)41(18-29-6-2-10-33(14-29)26-45)19-30-7-3-11-34(15-30)27-46/h2-17,45-47H,18-28H2,1H3. The average Bonchev–Trinajstić information content (AvgIpc) is 3.16. The average molecular weight is 709 g/mol. The third-order valence-electron chi connectivity index (χ3n) is 8.87. The molecular formula is C40H44N4O8. The maximum Gasteiger partial charge on any atom is 0.243 e. The van der Waals surface area contributed by atoms with E-state index < -0.39 is 11.8 Å². The highest BCUT2D eigenvalue weighted by Crippen LogP contribution is 2.19. The van der Waals surface area contributed by atoms with E-state index in [0.29, 0.717) is 22.4 Å². The van der Waals surface area contributed by atoms with Gasteiger partial charge in [0.05, 0.1) is 26.9 Å². The summed E-state index contributed by atoms with van der Waals surface area (Å²) in [5, 5.41) is 28.9. The highest BCUT2D eigenvalue weighted by molar-refractivity contribution is 5.96. The summed E-state index contributed by atoms with van der Waals surface area (Å²) in [7, 11) is 1.56.